The number of fused-ring (bicyclic) bond motifs is 2. The van der Waals surface area contributed by atoms with Crippen LogP contribution in [0.15, 0.2) is 55.5 Å². The van der Waals surface area contributed by atoms with Crippen LogP contribution in [0.3, 0.4) is 0 Å². The van der Waals surface area contributed by atoms with E-state index in [1.807, 2.05) is 25.1 Å². The number of benzene rings is 1. The standard InChI is InChI=1S/C21H19N5O5.C8H8N2/c1-3-8-31-20(30)13-4-5-14-12(11(13)2)6-7-15(14)24-18(27)17-9-16(19(28)29)25-21-22-10-23-26(17)21;1-2-7-3-4-10-8(5-7)6-9/h3-5,9-10,15H,1,6-8H2,2H3,(H,24,27)(H,28,29);3-5H,2H2,1H3/t15-;/m0./s1. The third-order valence-corrected chi connectivity index (χ3v) is 6.60. The predicted molar refractivity (Wildman–Crippen MR) is 146 cm³/mol. The summed E-state index contributed by atoms with van der Waals surface area (Å²) in [5.41, 5.74) is 4.59. The van der Waals surface area contributed by atoms with Gasteiger partial charge >= 0.3 is 11.9 Å². The topological polar surface area (TPSA) is 172 Å². The summed E-state index contributed by atoms with van der Waals surface area (Å²) >= 11 is 0. The maximum Gasteiger partial charge on any atom is 0.354 e. The second-order valence-corrected chi connectivity index (χ2v) is 9.08. The number of ether oxygens (including phenoxy) is 1. The van der Waals surface area contributed by atoms with E-state index in [1.54, 1.807) is 18.3 Å². The molecule has 0 radical (unpaired) electrons. The molecule has 12 heteroatoms. The number of amides is 1. The number of hydrogen-bond donors (Lipinski definition) is 2. The van der Waals surface area contributed by atoms with E-state index in [-0.39, 0.29) is 29.8 Å². The van der Waals surface area contributed by atoms with Crippen molar-refractivity contribution in [3.05, 3.63) is 100 Å². The van der Waals surface area contributed by atoms with E-state index in [0.29, 0.717) is 24.1 Å². The quantitative estimate of drug-likeness (QED) is 0.255. The first kappa shape index (κ1) is 28.6. The van der Waals surface area contributed by atoms with Gasteiger partial charge in [-0.25, -0.2) is 19.6 Å². The zero-order chi connectivity index (χ0) is 29.5. The van der Waals surface area contributed by atoms with Gasteiger partial charge in [-0.3, -0.25) is 4.79 Å². The highest BCUT2D eigenvalue weighted by Gasteiger charge is 2.29. The average Bonchev–Trinajstić information content (AvgIpc) is 3.63. The number of aryl methyl sites for hydroxylation is 1. The number of nitrogens with zero attached hydrogens (tertiary/aromatic N) is 6. The number of carboxylic acid groups (broad SMARTS) is 1. The van der Waals surface area contributed by atoms with Crippen LogP contribution in [0.5, 0.6) is 0 Å². The number of hydrogen-bond acceptors (Lipinski definition) is 9. The van der Waals surface area contributed by atoms with Gasteiger partial charge in [0.2, 0.25) is 0 Å². The molecule has 1 atom stereocenters. The van der Waals surface area contributed by atoms with Gasteiger partial charge in [0.15, 0.2) is 5.69 Å². The van der Waals surface area contributed by atoms with Crippen LogP contribution in [0.25, 0.3) is 5.78 Å². The molecule has 0 unspecified atom stereocenters. The number of nitriles is 1. The van der Waals surface area contributed by atoms with Crippen molar-refractivity contribution in [3.8, 4) is 6.07 Å². The van der Waals surface area contributed by atoms with Gasteiger partial charge in [0.25, 0.3) is 11.7 Å². The summed E-state index contributed by atoms with van der Waals surface area (Å²) in [7, 11) is 0. The molecule has 12 nitrogen and oxygen atoms in total. The van der Waals surface area contributed by atoms with Crippen LogP contribution in [0.4, 0.5) is 0 Å². The fourth-order valence-corrected chi connectivity index (χ4v) is 4.53. The molecule has 3 heterocycles. The molecule has 1 amide bonds. The molecule has 0 bridgehead atoms. The van der Waals surface area contributed by atoms with Crippen molar-refractivity contribution >= 4 is 23.6 Å². The highest BCUT2D eigenvalue weighted by molar-refractivity contribution is 5.96. The van der Waals surface area contributed by atoms with E-state index in [2.05, 4.69) is 38.9 Å². The molecule has 2 N–H and O–H groups in total. The molecule has 0 aliphatic heterocycles. The first-order valence-corrected chi connectivity index (χ1v) is 12.8. The van der Waals surface area contributed by atoms with E-state index in [1.165, 1.54) is 23.0 Å². The summed E-state index contributed by atoms with van der Waals surface area (Å²) < 4.78 is 6.33. The van der Waals surface area contributed by atoms with E-state index in [0.717, 1.165) is 28.7 Å². The molecule has 0 fully saturated rings. The fourth-order valence-electron chi connectivity index (χ4n) is 4.53. The summed E-state index contributed by atoms with van der Waals surface area (Å²) in [6.07, 6.45) is 6.66. The molecule has 0 saturated heterocycles. The van der Waals surface area contributed by atoms with E-state index < -0.39 is 17.8 Å². The van der Waals surface area contributed by atoms with Gasteiger partial charge < -0.3 is 15.2 Å². The molecule has 3 aromatic heterocycles. The first-order valence-electron chi connectivity index (χ1n) is 12.8. The van der Waals surface area contributed by atoms with Gasteiger partial charge in [0.05, 0.1) is 11.6 Å². The minimum atomic E-state index is -1.27. The Morgan fingerprint density at radius 3 is 2.78 bits per heavy atom. The van der Waals surface area contributed by atoms with Crippen molar-refractivity contribution in [1.29, 1.82) is 5.26 Å². The summed E-state index contributed by atoms with van der Waals surface area (Å²) in [6.45, 7) is 7.58. The molecule has 5 rings (SSSR count). The predicted octanol–water partition coefficient (Wildman–Crippen LogP) is 3.41. The van der Waals surface area contributed by atoms with Crippen LogP contribution in [0.1, 0.15) is 78.7 Å². The third-order valence-electron chi connectivity index (χ3n) is 6.60. The second-order valence-electron chi connectivity index (χ2n) is 9.08. The van der Waals surface area contributed by atoms with Gasteiger partial charge in [0.1, 0.15) is 30.4 Å². The van der Waals surface area contributed by atoms with Crippen LogP contribution in [0.2, 0.25) is 0 Å². The molecule has 1 aliphatic rings. The summed E-state index contributed by atoms with van der Waals surface area (Å²) in [5.74, 6) is -2.16. The highest BCUT2D eigenvalue weighted by Crippen LogP contribution is 2.35. The molecular formula is C29H27N7O5. The Morgan fingerprint density at radius 1 is 1.27 bits per heavy atom. The summed E-state index contributed by atoms with van der Waals surface area (Å²) in [5, 5.41) is 24.6. The average molecular weight is 554 g/mol. The Morgan fingerprint density at radius 2 is 2.07 bits per heavy atom. The van der Waals surface area contributed by atoms with E-state index >= 15 is 0 Å². The number of carbonyl (C=O) groups is 3. The van der Waals surface area contributed by atoms with Crippen LogP contribution in [-0.4, -0.2) is 54.1 Å². The van der Waals surface area contributed by atoms with Crippen LogP contribution in [-0.2, 0) is 17.6 Å². The van der Waals surface area contributed by atoms with E-state index in [9.17, 15) is 19.5 Å². The zero-order valence-corrected chi connectivity index (χ0v) is 22.5. The number of carboxylic acids is 1. The van der Waals surface area contributed by atoms with Gasteiger partial charge in [-0.2, -0.15) is 19.9 Å². The number of aromatic nitrogens is 5. The number of rotatable bonds is 7. The molecule has 4 aromatic rings. The Balaban J connectivity index is 0.000000328. The Hall–Kier alpha value is -5.44. The molecule has 1 aliphatic carbocycles. The van der Waals surface area contributed by atoms with Gasteiger partial charge in [0, 0.05) is 12.3 Å². The summed E-state index contributed by atoms with van der Waals surface area (Å²) in [4.78, 5) is 48.1. The van der Waals surface area contributed by atoms with Gasteiger partial charge in [-0.05, 0) is 66.6 Å². The van der Waals surface area contributed by atoms with Gasteiger partial charge in [-0.1, -0.05) is 25.6 Å². The van der Waals surface area contributed by atoms with Crippen LogP contribution >= 0.6 is 0 Å². The van der Waals surface area contributed by atoms with Crippen molar-refractivity contribution in [1.82, 2.24) is 29.9 Å². The number of carbonyl (C=O) groups excluding carboxylic acids is 2. The number of aromatic carboxylic acids is 1. The van der Waals surface area contributed by atoms with Crippen molar-refractivity contribution in [2.75, 3.05) is 6.61 Å². The Kier molecular flexibility index (Phi) is 8.79. The lowest BCUT2D eigenvalue weighted by molar-refractivity contribution is 0.0548. The lowest BCUT2D eigenvalue weighted by Crippen LogP contribution is -2.29. The monoisotopic (exact) mass is 553 g/mol. The number of pyridine rings is 1. The Bertz CT molecular complexity index is 1690. The normalized spacial score (nSPS) is 13.3. The zero-order valence-electron chi connectivity index (χ0n) is 22.5. The van der Waals surface area contributed by atoms with Crippen LogP contribution < -0.4 is 5.32 Å². The largest absolute Gasteiger partial charge is 0.477 e. The molecule has 1 aromatic carbocycles. The molecule has 0 spiro atoms. The third kappa shape index (κ3) is 6.25. The van der Waals surface area contributed by atoms with Crippen molar-refractivity contribution in [2.45, 2.75) is 39.2 Å². The molecule has 0 saturated carbocycles. The Labute approximate surface area is 235 Å². The first-order chi connectivity index (χ1) is 19.8. The maximum absolute atomic E-state index is 13.0. The minimum Gasteiger partial charge on any atom is -0.477 e. The van der Waals surface area contributed by atoms with Crippen molar-refractivity contribution in [2.24, 2.45) is 0 Å². The maximum atomic E-state index is 13.0. The highest BCUT2D eigenvalue weighted by atomic mass is 16.5. The van der Waals surface area contributed by atoms with Crippen molar-refractivity contribution in [3.63, 3.8) is 0 Å². The fraction of sp³-hybridized carbons (Fsp3) is 0.241. The molecular weight excluding hydrogens is 526 g/mol. The van der Waals surface area contributed by atoms with E-state index in [4.69, 9.17) is 10.00 Å². The lowest BCUT2D eigenvalue weighted by Gasteiger charge is -2.16. The smallest absolute Gasteiger partial charge is 0.354 e. The SMILES string of the molecule is C=CCOC(=O)c1ccc2c(c1C)CC[C@@H]2NC(=O)c1cc(C(=O)O)nc2ncnn12.CCc1ccnc(C#N)c1. The number of nitrogens with one attached hydrogen (secondary N) is 1. The second kappa shape index (κ2) is 12.6. The van der Waals surface area contributed by atoms with Crippen molar-refractivity contribution < 1.29 is 24.2 Å². The summed E-state index contributed by atoms with van der Waals surface area (Å²) in [6, 6.07) is 10.1. The number of esters is 1. The molecule has 41 heavy (non-hydrogen) atoms. The van der Waals surface area contributed by atoms with Crippen LogP contribution in [0, 0.1) is 18.3 Å². The van der Waals surface area contributed by atoms with Gasteiger partial charge in [-0.15, -0.1) is 0 Å². The molecule has 208 valence electrons. The lowest BCUT2D eigenvalue weighted by atomic mass is 9.98. The minimum absolute atomic E-state index is 0.0229.